The Kier molecular flexibility index (Phi) is 3.27. The molecule has 5 nitrogen and oxygen atoms in total. The average molecular weight is 294 g/mol. The molecule has 2 N–H and O–H groups in total. The molecule has 0 bridgehead atoms. The zero-order valence-corrected chi connectivity index (χ0v) is 12.2. The van der Waals surface area contributed by atoms with Gasteiger partial charge in [0, 0.05) is 24.7 Å². The first-order chi connectivity index (χ1) is 10.8. The average Bonchev–Trinajstić information content (AvgIpc) is 3.14. The molecule has 3 aromatic rings. The van der Waals surface area contributed by atoms with E-state index < -0.39 is 0 Å². The van der Waals surface area contributed by atoms with Gasteiger partial charge >= 0.3 is 0 Å². The van der Waals surface area contributed by atoms with E-state index in [9.17, 15) is 5.11 Å². The Morgan fingerprint density at radius 2 is 2.23 bits per heavy atom. The molecule has 5 heteroatoms. The van der Waals surface area contributed by atoms with Crippen molar-refractivity contribution in [3.63, 3.8) is 0 Å². The van der Waals surface area contributed by atoms with Crippen molar-refractivity contribution >= 4 is 11.2 Å². The van der Waals surface area contributed by atoms with Crippen LogP contribution in [-0.4, -0.2) is 32.2 Å². The molecule has 22 heavy (non-hydrogen) atoms. The molecule has 1 aliphatic heterocycles. The van der Waals surface area contributed by atoms with Gasteiger partial charge in [-0.2, -0.15) is 0 Å². The van der Waals surface area contributed by atoms with Crippen LogP contribution in [0.15, 0.2) is 42.6 Å². The van der Waals surface area contributed by atoms with Crippen molar-refractivity contribution in [1.82, 2.24) is 19.9 Å². The monoisotopic (exact) mass is 294 g/mol. The second kappa shape index (κ2) is 5.42. The summed E-state index contributed by atoms with van der Waals surface area (Å²) in [6.07, 6.45) is 5.04. The maximum atomic E-state index is 9.79. The molecule has 0 amide bonds. The number of hydrogen-bond acceptors (Lipinski definition) is 4. The third kappa shape index (κ3) is 2.33. The Morgan fingerprint density at radius 1 is 1.27 bits per heavy atom. The van der Waals surface area contributed by atoms with Crippen LogP contribution in [0.4, 0.5) is 0 Å². The summed E-state index contributed by atoms with van der Waals surface area (Å²) < 4.78 is 2.05. The van der Waals surface area contributed by atoms with Gasteiger partial charge in [-0.3, -0.25) is 4.57 Å². The minimum absolute atomic E-state index is 0.250. The Bertz CT molecular complexity index is 805. The van der Waals surface area contributed by atoms with Gasteiger partial charge in [0.15, 0.2) is 5.65 Å². The number of nitrogens with one attached hydrogen (secondary N) is 1. The van der Waals surface area contributed by atoms with Crippen LogP contribution < -0.4 is 5.32 Å². The van der Waals surface area contributed by atoms with Gasteiger partial charge in [-0.15, -0.1) is 0 Å². The van der Waals surface area contributed by atoms with E-state index in [0.29, 0.717) is 6.04 Å². The van der Waals surface area contributed by atoms with Crippen molar-refractivity contribution < 1.29 is 5.11 Å². The second-order valence-corrected chi connectivity index (χ2v) is 5.73. The van der Waals surface area contributed by atoms with Crippen LogP contribution in [0.2, 0.25) is 0 Å². The molecule has 1 unspecified atom stereocenters. The molecular weight excluding hydrogens is 276 g/mol. The van der Waals surface area contributed by atoms with Gasteiger partial charge in [-0.25, -0.2) is 9.97 Å². The SMILES string of the molecule is Oc1cccc(-n2c(CC3CCCN3)nc3cccnc32)c1. The number of pyridine rings is 1. The fourth-order valence-electron chi connectivity index (χ4n) is 3.15. The zero-order valence-electron chi connectivity index (χ0n) is 12.2. The highest BCUT2D eigenvalue weighted by Crippen LogP contribution is 2.24. The smallest absolute Gasteiger partial charge is 0.164 e. The fourth-order valence-corrected chi connectivity index (χ4v) is 3.15. The Morgan fingerprint density at radius 3 is 3.05 bits per heavy atom. The minimum atomic E-state index is 0.250. The molecule has 112 valence electrons. The molecule has 0 aliphatic carbocycles. The van der Waals surface area contributed by atoms with E-state index in [4.69, 9.17) is 4.98 Å². The van der Waals surface area contributed by atoms with Gasteiger partial charge in [0.05, 0.1) is 5.69 Å². The van der Waals surface area contributed by atoms with Gasteiger partial charge in [0.1, 0.15) is 17.1 Å². The van der Waals surface area contributed by atoms with E-state index in [1.165, 1.54) is 12.8 Å². The largest absolute Gasteiger partial charge is 0.508 e. The molecular formula is C17H18N4O. The Hall–Kier alpha value is -2.40. The molecule has 1 aliphatic rings. The predicted octanol–water partition coefficient (Wildman–Crippen LogP) is 2.42. The fraction of sp³-hybridized carbons (Fsp3) is 0.294. The van der Waals surface area contributed by atoms with E-state index in [2.05, 4.69) is 14.9 Å². The number of aromatic hydroxyl groups is 1. The van der Waals surface area contributed by atoms with E-state index in [1.54, 1.807) is 18.3 Å². The van der Waals surface area contributed by atoms with E-state index in [0.717, 1.165) is 35.6 Å². The first kappa shape index (κ1) is 13.3. The van der Waals surface area contributed by atoms with Gasteiger partial charge in [-0.1, -0.05) is 6.07 Å². The predicted molar refractivity (Wildman–Crippen MR) is 85.3 cm³/mol. The highest BCUT2D eigenvalue weighted by Gasteiger charge is 2.20. The molecule has 0 spiro atoms. The molecule has 1 atom stereocenters. The summed E-state index contributed by atoms with van der Waals surface area (Å²) >= 11 is 0. The Labute approximate surface area is 128 Å². The number of imidazole rings is 1. The number of nitrogens with zero attached hydrogens (tertiary/aromatic N) is 3. The van der Waals surface area contributed by atoms with Crippen LogP contribution in [0.5, 0.6) is 5.75 Å². The maximum Gasteiger partial charge on any atom is 0.164 e. The van der Waals surface area contributed by atoms with Crippen LogP contribution in [0.25, 0.3) is 16.9 Å². The lowest BCUT2D eigenvalue weighted by Crippen LogP contribution is -2.25. The van der Waals surface area contributed by atoms with Gasteiger partial charge < -0.3 is 10.4 Å². The highest BCUT2D eigenvalue weighted by atomic mass is 16.3. The lowest BCUT2D eigenvalue weighted by Gasteiger charge is -2.12. The third-order valence-corrected chi connectivity index (χ3v) is 4.16. The van der Waals surface area contributed by atoms with Crippen molar-refractivity contribution in [3.8, 4) is 11.4 Å². The van der Waals surface area contributed by atoms with Crippen molar-refractivity contribution in [3.05, 3.63) is 48.4 Å². The highest BCUT2D eigenvalue weighted by molar-refractivity contribution is 5.74. The number of rotatable bonds is 3. The third-order valence-electron chi connectivity index (χ3n) is 4.16. The maximum absolute atomic E-state index is 9.79. The molecule has 4 rings (SSSR count). The van der Waals surface area contributed by atoms with E-state index >= 15 is 0 Å². The number of benzene rings is 1. The number of phenolic OH excluding ortho intramolecular Hbond substituents is 1. The first-order valence-corrected chi connectivity index (χ1v) is 7.66. The zero-order chi connectivity index (χ0) is 14.9. The second-order valence-electron chi connectivity index (χ2n) is 5.73. The van der Waals surface area contributed by atoms with Gasteiger partial charge in [-0.05, 0) is 43.7 Å². The summed E-state index contributed by atoms with van der Waals surface area (Å²) in [4.78, 5) is 9.24. The summed E-state index contributed by atoms with van der Waals surface area (Å²) in [5.41, 5.74) is 2.62. The van der Waals surface area contributed by atoms with Gasteiger partial charge in [0.25, 0.3) is 0 Å². The lowest BCUT2D eigenvalue weighted by atomic mass is 10.1. The molecule has 1 fully saturated rings. The standard InChI is InChI=1S/C17H18N4O/c22-14-6-1-5-13(11-14)21-16(10-12-4-2-8-18-12)20-15-7-3-9-19-17(15)21/h1,3,5-7,9,11-12,18,22H,2,4,8,10H2. The topological polar surface area (TPSA) is 63.0 Å². The summed E-state index contributed by atoms with van der Waals surface area (Å²) in [6.45, 7) is 1.08. The van der Waals surface area contributed by atoms with Crippen LogP contribution >= 0.6 is 0 Å². The summed E-state index contributed by atoms with van der Waals surface area (Å²) in [5, 5.41) is 13.3. The summed E-state index contributed by atoms with van der Waals surface area (Å²) in [5.74, 6) is 1.24. The number of aromatic nitrogens is 3. The van der Waals surface area contributed by atoms with Crippen molar-refractivity contribution in [2.75, 3.05) is 6.54 Å². The minimum Gasteiger partial charge on any atom is -0.508 e. The molecule has 1 saturated heterocycles. The summed E-state index contributed by atoms with van der Waals surface area (Å²) in [6, 6.07) is 11.6. The number of hydrogen-bond donors (Lipinski definition) is 2. The van der Waals surface area contributed by atoms with Crippen molar-refractivity contribution in [2.24, 2.45) is 0 Å². The molecule has 3 heterocycles. The van der Waals surface area contributed by atoms with Crippen LogP contribution in [0.3, 0.4) is 0 Å². The van der Waals surface area contributed by atoms with Crippen LogP contribution in [0, 0.1) is 0 Å². The molecule has 0 saturated carbocycles. The normalized spacial score (nSPS) is 18.1. The molecule has 1 aromatic carbocycles. The van der Waals surface area contributed by atoms with E-state index in [1.807, 2.05) is 24.3 Å². The van der Waals surface area contributed by atoms with Crippen molar-refractivity contribution in [1.29, 1.82) is 0 Å². The number of phenols is 1. The van der Waals surface area contributed by atoms with Crippen LogP contribution in [0.1, 0.15) is 18.7 Å². The lowest BCUT2D eigenvalue weighted by molar-refractivity contribution is 0.475. The number of fused-ring (bicyclic) bond motifs is 1. The van der Waals surface area contributed by atoms with Crippen LogP contribution in [-0.2, 0) is 6.42 Å². The molecule has 0 radical (unpaired) electrons. The van der Waals surface area contributed by atoms with E-state index in [-0.39, 0.29) is 5.75 Å². The van der Waals surface area contributed by atoms with Gasteiger partial charge in [0.2, 0.25) is 0 Å². The molecule has 2 aromatic heterocycles. The Balaban J connectivity index is 1.85. The van der Waals surface area contributed by atoms with Crippen molar-refractivity contribution in [2.45, 2.75) is 25.3 Å². The first-order valence-electron chi connectivity index (χ1n) is 7.66. The quantitative estimate of drug-likeness (QED) is 0.778. The summed E-state index contributed by atoms with van der Waals surface area (Å²) in [7, 11) is 0.